The first kappa shape index (κ1) is 18.4. The molecule has 0 aromatic heterocycles. The predicted molar refractivity (Wildman–Crippen MR) is 104 cm³/mol. The number of carbonyl (C=O) groups is 1. The Labute approximate surface area is 157 Å². The Hall–Kier alpha value is -3.44. The molecule has 0 aliphatic carbocycles. The molecule has 0 bridgehead atoms. The summed E-state index contributed by atoms with van der Waals surface area (Å²) in [6.45, 7) is 1.77. The van der Waals surface area contributed by atoms with Gasteiger partial charge >= 0.3 is 0 Å². The zero-order valence-electron chi connectivity index (χ0n) is 14.8. The van der Waals surface area contributed by atoms with Gasteiger partial charge in [-0.25, -0.2) is 5.43 Å². The average molecular weight is 360 g/mol. The highest BCUT2D eigenvalue weighted by Gasteiger charge is 2.39. The van der Waals surface area contributed by atoms with Crippen LogP contribution in [0.2, 0.25) is 0 Å². The molecule has 5 nitrogen and oxygen atoms in total. The zero-order chi connectivity index (χ0) is 19.3. The van der Waals surface area contributed by atoms with E-state index in [1.54, 1.807) is 73.7 Å². The van der Waals surface area contributed by atoms with Crippen molar-refractivity contribution in [2.45, 2.75) is 12.5 Å². The second-order valence-corrected chi connectivity index (χ2v) is 6.15. The predicted octanol–water partition coefficient (Wildman–Crippen LogP) is 3.09. The summed E-state index contributed by atoms with van der Waals surface area (Å²) in [6.07, 6.45) is 1.34. The molecule has 0 fully saturated rings. The molecule has 0 aliphatic heterocycles. The number of para-hydroxylation sites is 1. The minimum atomic E-state index is -1.89. The van der Waals surface area contributed by atoms with Crippen LogP contribution in [0.25, 0.3) is 0 Å². The van der Waals surface area contributed by atoms with Gasteiger partial charge in [0.25, 0.3) is 5.91 Å². The van der Waals surface area contributed by atoms with E-state index < -0.39 is 11.5 Å². The molecule has 3 aromatic rings. The van der Waals surface area contributed by atoms with E-state index in [-0.39, 0.29) is 5.75 Å². The van der Waals surface area contributed by atoms with Gasteiger partial charge in [-0.05, 0) is 29.7 Å². The van der Waals surface area contributed by atoms with E-state index in [1.807, 2.05) is 12.1 Å². The van der Waals surface area contributed by atoms with Crippen molar-refractivity contribution in [2.75, 3.05) is 0 Å². The van der Waals surface area contributed by atoms with Gasteiger partial charge in [0.05, 0.1) is 6.21 Å². The van der Waals surface area contributed by atoms with Crippen LogP contribution in [0.1, 0.15) is 22.3 Å². The first-order chi connectivity index (χ1) is 13.0. The van der Waals surface area contributed by atoms with Crippen molar-refractivity contribution in [1.29, 1.82) is 0 Å². The summed E-state index contributed by atoms with van der Waals surface area (Å²) >= 11 is 0. The number of amides is 1. The highest BCUT2D eigenvalue weighted by Crippen LogP contribution is 2.29. The number of hydrazone groups is 1. The molecule has 0 heterocycles. The Balaban J connectivity index is 1.91. The van der Waals surface area contributed by atoms with Gasteiger partial charge in [0.2, 0.25) is 0 Å². The van der Waals surface area contributed by atoms with Crippen molar-refractivity contribution >= 4 is 12.1 Å². The minimum absolute atomic E-state index is 0.0943. The molecule has 0 aliphatic rings. The fourth-order valence-electron chi connectivity index (χ4n) is 2.81. The lowest BCUT2D eigenvalue weighted by molar-refractivity contribution is -0.136. The molecule has 27 heavy (non-hydrogen) atoms. The summed E-state index contributed by atoms with van der Waals surface area (Å²) in [5.41, 5.74) is 2.53. The fraction of sp³-hybridized carbons (Fsp3) is 0.0909. The quantitative estimate of drug-likeness (QED) is 0.483. The van der Waals surface area contributed by atoms with E-state index >= 15 is 0 Å². The SMILES string of the molecule is Cc1cccc(C=NNC(=O)C(O)(c2ccccc2)c2ccccc2)c1O. The molecular formula is C22H20N2O3. The van der Waals surface area contributed by atoms with Crippen molar-refractivity contribution in [1.82, 2.24) is 5.43 Å². The molecule has 5 heteroatoms. The van der Waals surface area contributed by atoms with Crippen LogP contribution in [0.3, 0.4) is 0 Å². The molecule has 3 N–H and O–H groups in total. The monoisotopic (exact) mass is 360 g/mol. The number of hydrogen-bond acceptors (Lipinski definition) is 4. The van der Waals surface area contributed by atoms with Crippen LogP contribution in [0.5, 0.6) is 5.75 Å². The highest BCUT2D eigenvalue weighted by atomic mass is 16.3. The van der Waals surface area contributed by atoms with Crippen LogP contribution in [-0.4, -0.2) is 22.3 Å². The normalized spacial score (nSPS) is 11.5. The summed E-state index contributed by atoms with van der Waals surface area (Å²) < 4.78 is 0. The van der Waals surface area contributed by atoms with Crippen LogP contribution < -0.4 is 5.43 Å². The number of benzene rings is 3. The Morgan fingerprint density at radius 1 is 0.926 bits per heavy atom. The Kier molecular flexibility index (Phi) is 5.33. The van der Waals surface area contributed by atoms with Gasteiger partial charge in [0.1, 0.15) is 5.75 Å². The van der Waals surface area contributed by atoms with Crippen molar-refractivity contribution < 1.29 is 15.0 Å². The van der Waals surface area contributed by atoms with Gasteiger partial charge in [0, 0.05) is 5.56 Å². The number of aromatic hydroxyl groups is 1. The van der Waals surface area contributed by atoms with Crippen LogP contribution >= 0.6 is 0 Å². The van der Waals surface area contributed by atoms with Gasteiger partial charge < -0.3 is 10.2 Å². The molecule has 3 aromatic carbocycles. The number of rotatable bonds is 5. The number of aliphatic hydroxyl groups is 1. The Morgan fingerprint density at radius 3 is 2.04 bits per heavy atom. The molecular weight excluding hydrogens is 340 g/mol. The molecule has 0 atom stereocenters. The Morgan fingerprint density at radius 2 is 1.48 bits per heavy atom. The van der Waals surface area contributed by atoms with E-state index in [1.165, 1.54) is 6.21 Å². The average Bonchev–Trinajstić information content (AvgIpc) is 2.71. The van der Waals surface area contributed by atoms with E-state index in [0.29, 0.717) is 22.3 Å². The van der Waals surface area contributed by atoms with Crippen LogP contribution in [0, 0.1) is 6.92 Å². The number of nitrogens with one attached hydrogen (secondary N) is 1. The summed E-state index contributed by atoms with van der Waals surface area (Å²) in [6, 6.07) is 22.6. The van der Waals surface area contributed by atoms with Crippen molar-refractivity contribution in [2.24, 2.45) is 5.10 Å². The third-order valence-corrected chi connectivity index (χ3v) is 4.35. The lowest BCUT2D eigenvalue weighted by Gasteiger charge is -2.27. The van der Waals surface area contributed by atoms with E-state index in [0.717, 1.165) is 0 Å². The number of aryl methyl sites for hydroxylation is 1. The molecule has 0 saturated carbocycles. The standard InChI is InChI=1S/C22H20N2O3/c1-16-9-8-10-17(20(16)25)15-23-24-21(26)22(27,18-11-4-2-5-12-18)19-13-6-3-7-14-19/h2-15,25,27H,1H3,(H,24,26). The topological polar surface area (TPSA) is 81.9 Å². The first-order valence-corrected chi connectivity index (χ1v) is 8.49. The number of carbonyl (C=O) groups excluding carboxylic acids is 1. The third kappa shape index (κ3) is 3.73. The molecule has 0 saturated heterocycles. The van der Waals surface area contributed by atoms with Crippen molar-refractivity contribution in [3.8, 4) is 5.75 Å². The van der Waals surface area contributed by atoms with E-state index in [4.69, 9.17) is 0 Å². The van der Waals surface area contributed by atoms with Gasteiger partial charge in [-0.2, -0.15) is 5.10 Å². The second kappa shape index (κ2) is 7.85. The van der Waals surface area contributed by atoms with Gasteiger partial charge in [-0.1, -0.05) is 72.8 Å². The van der Waals surface area contributed by atoms with Crippen LogP contribution in [0.15, 0.2) is 84.0 Å². The number of phenols is 1. The smallest absolute Gasteiger partial charge is 0.281 e. The van der Waals surface area contributed by atoms with Gasteiger partial charge in [-0.3, -0.25) is 4.79 Å². The molecule has 0 spiro atoms. The van der Waals surface area contributed by atoms with Gasteiger partial charge in [-0.15, -0.1) is 0 Å². The van der Waals surface area contributed by atoms with Crippen molar-refractivity contribution in [3.05, 3.63) is 101 Å². The lowest BCUT2D eigenvalue weighted by atomic mass is 9.85. The number of hydrogen-bond donors (Lipinski definition) is 3. The summed E-state index contributed by atoms with van der Waals surface area (Å²) in [4.78, 5) is 12.9. The molecule has 0 radical (unpaired) electrons. The maximum absolute atomic E-state index is 12.9. The summed E-state index contributed by atoms with van der Waals surface area (Å²) in [7, 11) is 0. The van der Waals surface area contributed by atoms with Crippen LogP contribution in [0.4, 0.5) is 0 Å². The van der Waals surface area contributed by atoms with Crippen molar-refractivity contribution in [3.63, 3.8) is 0 Å². The number of phenolic OH excluding ortho intramolecular Hbond substituents is 1. The third-order valence-electron chi connectivity index (χ3n) is 4.35. The minimum Gasteiger partial charge on any atom is -0.507 e. The fourth-order valence-corrected chi connectivity index (χ4v) is 2.81. The zero-order valence-corrected chi connectivity index (χ0v) is 14.8. The van der Waals surface area contributed by atoms with E-state index in [9.17, 15) is 15.0 Å². The van der Waals surface area contributed by atoms with Crippen LogP contribution in [-0.2, 0) is 10.4 Å². The lowest BCUT2D eigenvalue weighted by Crippen LogP contribution is -2.43. The summed E-state index contributed by atoms with van der Waals surface area (Å²) in [5.74, 6) is -0.597. The maximum Gasteiger partial charge on any atom is 0.281 e. The largest absolute Gasteiger partial charge is 0.507 e. The number of nitrogens with zero attached hydrogens (tertiary/aromatic N) is 1. The highest BCUT2D eigenvalue weighted by molar-refractivity contribution is 5.91. The summed E-state index contributed by atoms with van der Waals surface area (Å²) in [5, 5.41) is 25.2. The molecule has 3 rings (SSSR count). The van der Waals surface area contributed by atoms with E-state index in [2.05, 4.69) is 10.5 Å². The molecule has 0 unspecified atom stereocenters. The maximum atomic E-state index is 12.9. The molecule has 1 amide bonds. The Bertz CT molecular complexity index is 914. The molecule has 136 valence electrons. The van der Waals surface area contributed by atoms with Gasteiger partial charge in [0.15, 0.2) is 5.60 Å². The second-order valence-electron chi connectivity index (χ2n) is 6.15. The first-order valence-electron chi connectivity index (χ1n) is 8.49.